The summed E-state index contributed by atoms with van der Waals surface area (Å²) in [4.78, 5) is 35.7. The van der Waals surface area contributed by atoms with Gasteiger partial charge in [0.25, 0.3) is 0 Å². The number of epoxide rings is 3. The van der Waals surface area contributed by atoms with Crippen molar-refractivity contribution >= 4 is 17.9 Å². The van der Waals surface area contributed by atoms with E-state index in [1.165, 1.54) is 0 Å². The third-order valence-corrected chi connectivity index (χ3v) is 5.20. The van der Waals surface area contributed by atoms with Gasteiger partial charge in [-0.25, -0.2) is 0 Å². The smallest absolute Gasteiger partial charge is 0.310 e. The predicted octanol–water partition coefficient (Wildman–Crippen LogP) is 0.216. The second kappa shape index (κ2) is 6.89. The van der Waals surface area contributed by atoms with Crippen LogP contribution in [0.4, 0.5) is 0 Å². The van der Waals surface area contributed by atoms with E-state index in [9.17, 15) is 29.7 Å². The van der Waals surface area contributed by atoms with Crippen molar-refractivity contribution in [2.24, 2.45) is 17.3 Å². The highest BCUT2D eigenvalue weighted by Gasteiger charge is 2.56. The molecule has 25 heavy (non-hydrogen) atoms. The van der Waals surface area contributed by atoms with Crippen LogP contribution in [-0.4, -0.2) is 71.4 Å². The second-order valence-corrected chi connectivity index (χ2v) is 7.13. The van der Waals surface area contributed by atoms with Gasteiger partial charge in [0, 0.05) is 0 Å². The molecule has 6 unspecified atom stereocenters. The van der Waals surface area contributed by atoms with Gasteiger partial charge >= 0.3 is 17.9 Å². The van der Waals surface area contributed by atoms with Gasteiger partial charge in [0.2, 0.25) is 0 Å². The number of carbonyl (C=O) groups is 3. The lowest BCUT2D eigenvalue weighted by Gasteiger charge is -2.36. The zero-order valence-corrected chi connectivity index (χ0v) is 13.6. The van der Waals surface area contributed by atoms with Crippen LogP contribution in [0.25, 0.3) is 0 Å². The highest BCUT2D eigenvalue weighted by molar-refractivity contribution is 5.84. The molecular weight excluding hydrogens is 336 g/mol. The molecule has 3 saturated heterocycles. The number of ether oxygens (including phenoxy) is 3. The van der Waals surface area contributed by atoms with Crippen LogP contribution in [0, 0.1) is 17.3 Å². The van der Waals surface area contributed by atoms with E-state index in [0.29, 0.717) is 19.8 Å². The fraction of sp³-hybridized carbons (Fsp3) is 0.812. The topological polar surface area (TPSA) is 149 Å². The van der Waals surface area contributed by atoms with Gasteiger partial charge in [-0.05, 0) is 25.7 Å². The summed E-state index contributed by atoms with van der Waals surface area (Å²) in [5.74, 6) is -5.89. The maximum absolute atomic E-state index is 12.2. The number of aliphatic carboxylic acids is 3. The highest BCUT2D eigenvalue weighted by Crippen LogP contribution is 2.47. The van der Waals surface area contributed by atoms with Crippen molar-refractivity contribution in [2.45, 2.75) is 44.0 Å². The zero-order chi connectivity index (χ0) is 18.2. The first-order chi connectivity index (χ1) is 11.8. The Labute approximate surface area is 143 Å². The van der Waals surface area contributed by atoms with E-state index in [4.69, 9.17) is 14.2 Å². The second-order valence-electron chi connectivity index (χ2n) is 7.13. The zero-order valence-electron chi connectivity index (χ0n) is 13.6. The quantitative estimate of drug-likeness (QED) is 0.416. The van der Waals surface area contributed by atoms with Crippen molar-refractivity contribution in [2.75, 3.05) is 19.8 Å². The molecule has 9 nitrogen and oxygen atoms in total. The maximum atomic E-state index is 12.2. The van der Waals surface area contributed by atoms with Gasteiger partial charge in [-0.3, -0.25) is 14.4 Å². The SMILES string of the molecule is O=C(O)C(CC1CO1)CC(CC1CO1)(C(=O)O)C(CC1CO1)C(=O)O. The van der Waals surface area contributed by atoms with Gasteiger partial charge in [0.1, 0.15) is 0 Å². The van der Waals surface area contributed by atoms with E-state index in [-0.39, 0.29) is 44.0 Å². The van der Waals surface area contributed by atoms with Crippen LogP contribution in [0.5, 0.6) is 0 Å². The number of carboxylic acid groups (broad SMARTS) is 3. The summed E-state index contributed by atoms with van der Waals surface area (Å²) in [5.41, 5.74) is -1.71. The third kappa shape index (κ3) is 4.47. The number of carboxylic acids is 3. The van der Waals surface area contributed by atoms with Crippen LogP contribution in [0.3, 0.4) is 0 Å². The molecule has 0 spiro atoms. The number of rotatable bonds is 12. The molecule has 3 aliphatic rings. The highest BCUT2D eigenvalue weighted by atomic mass is 16.6. The average molecular weight is 358 g/mol. The Hall–Kier alpha value is -1.71. The first kappa shape index (κ1) is 18.1. The fourth-order valence-electron chi connectivity index (χ4n) is 3.55. The lowest BCUT2D eigenvalue weighted by atomic mass is 9.65. The largest absolute Gasteiger partial charge is 0.481 e. The molecule has 0 radical (unpaired) electrons. The lowest BCUT2D eigenvalue weighted by Crippen LogP contribution is -2.46. The van der Waals surface area contributed by atoms with Gasteiger partial charge < -0.3 is 29.5 Å². The molecule has 3 heterocycles. The molecule has 0 aromatic rings. The molecular formula is C16H22O9. The molecule has 3 fully saturated rings. The summed E-state index contributed by atoms with van der Waals surface area (Å²) in [6.07, 6.45) is -0.856. The van der Waals surface area contributed by atoms with Gasteiger partial charge in [0.05, 0.1) is 55.4 Å². The van der Waals surface area contributed by atoms with Crippen molar-refractivity contribution in [3.63, 3.8) is 0 Å². The first-order valence-corrected chi connectivity index (χ1v) is 8.35. The van der Waals surface area contributed by atoms with Crippen molar-refractivity contribution in [3.8, 4) is 0 Å². The fourth-order valence-corrected chi connectivity index (χ4v) is 3.55. The number of hydrogen-bond donors (Lipinski definition) is 3. The molecule has 6 atom stereocenters. The Morgan fingerprint density at radius 1 is 0.880 bits per heavy atom. The van der Waals surface area contributed by atoms with E-state index in [2.05, 4.69) is 0 Å². The van der Waals surface area contributed by atoms with Gasteiger partial charge in [-0.15, -0.1) is 0 Å². The Morgan fingerprint density at radius 3 is 1.80 bits per heavy atom. The summed E-state index contributed by atoms with van der Waals surface area (Å²) in [7, 11) is 0. The third-order valence-electron chi connectivity index (χ3n) is 5.20. The molecule has 3 aliphatic heterocycles. The molecule has 0 aliphatic carbocycles. The van der Waals surface area contributed by atoms with E-state index < -0.39 is 35.2 Å². The lowest BCUT2D eigenvalue weighted by molar-refractivity contribution is -0.168. The first-order valence-electron chi connectivity index (χ1n) is 8.35. The Balaban J connectivity index is 1.88. The summed E-state index contributed by atoms with van der Waals surface area (Å²) >= 11 is 0. The standard InChI is InChI=1S/C16H22O9/c17-13(18)8(1-9-5-23-9)3-16(15(21)22,4-11-7-25-11)12(14(19)20)2-10-6-24-10/h8-12H,1-7H2,(H,17,18)(H,19,20)(H,21,22). The Bertz CT molecular complexity index is 550. The van der Waals surface area contributed by atoms with E-state index >= 15 is 0 Å². The van der Waals surface area contributed by atoms with E-state index in [1.54, 1.807) is 0 Å². The number of hydrogen-bond acceptors (Lipinski definition) is 6. The molecule has 9 heteroatoms. The van der Waals surface area contributed by atoms with Gasteiger partial charge in [0.15, 0.2) is 0 Å². The Morgan fingerprint density at radius 2 is 1.40 bits per heavy atom. The molecule has 0 aromatic carbocycles. The Kier molecular flexibility index (Phi) is 4.99. The van der Waals surface area contributed by atoms with Crippen LogP contribution < -0.4 is 0 Å². The molecule has 3 N–H and O–H groups in total. The summed E-state index contributed by atoms with van der Waals surface area (Å²) < 4.78 is 15.3. The monoisotopic (exact) mass is 358 g/mol. The van der Waals surface area contributed by atoms with Crippen molar-refractivity contribution in [1.82, 2.24) is 0 Å². The molecule has 0 aromatic heterocycles. The van der Waals surface area contributed by atoms with Crippen LogP contribution in [0.1, 0.15) is 25.7 Å². The molecule has 3 rings (SSSR count). The van der Waals surface area contributed by atoms with Crippen molar-refractivity contribution < 1.29 is 43.9 Å². The van der Waals surface area contributed by atoms with Crippen LogP contribution in [-0.2, 0) is 28.6 Å². The minimum atomic E-state index is -1.71. The summed E-state index contributed by atoms with van der Waals surface area (Å²) in [6, 6.07) is 0. The minimum absolute atomic E-state index is 0.0126. The van der Waals surface area contributed by atoms with Gasteiger partial charge in [-0.1, -0.05) is 0 Å². The molecule has 0 saturated carbocycles. The predicted molar refractivity (Wildman–Crippen MR) is 80.0 cm³/mol. The maximum Gasteiger partial charge on any atom is 0.310 e. The molecule has 0 bridgehead atoms. The molecule has 0 amide bonds. The summed E-state index contributed by atoms with van der Waals surface area (Å²) in [5, 5.41) is 29.1. The molecule has 140 valence electrons. The van der Waals surface area contributed by atoms with E-state index in [1.807, 2.05) is 0 Å². The van der Waals surface area contributed by atoms with Crippen molar-refractivity contribution in [1.29, 1.82) is 0 Å². The van der Waals surface area contributed by atoms with Crippen LogP contribution in [0.2, 0.25) is 0 Å². The van der Waals surface area contributed by atoms with Crippen LogP contribution >= 0.6 is 0 Å². The normalized spacial score (nSPS) is 31.4. The van der Waals surface area contributed by atoms with E-state index in [0.717, 1.165) is 0 Å². The minimum Gasteiger partial charge on any atom is -0.481 e. The van der Waals surface area contributed by atoms with Crippen molar-refractivity contribution in [3.05, 3.63) is 0 Å². The summed E-state index contributed by atoms with van der Waals surface area (Å²) in [6.45, 7) is 1.22. The van der Waals surface area contributed by atoms with Crippen LogP contribution in [0.15, 0.2) is 0 Å². The average Bonchev–Trinajstić information content (AvgIpc) is 3.35. The van der Waals surface area contributed by atoms with Gasteiger partial charge in [-0.2, -0.15) is 0 Å².